The number of hydrogen-bond donors (Lipinski definition) is 0. The molecule has 0 aromatic rings. The molecule has 0 heterocycles. The molecule has 0 spiro atoms. The molecule has 1 radical (unpaired) electrons. The molecule has 4 aliphatic rings. The van der Waals surface area contributed by atoms with Crippen molar-refractivity contribution in [3.8, 4) is 0 Å². The van der Waals surface area contributed by atoms with Crippen molar-refractivity contribution in [3.63, 3.8) is 0 Å². The van der Waals surface area contributed by atoms with Gasteiger partial charge in [0.25, 0.3) is 0 Å². The van der Waals surface area contributed by atoms with Crippen LogP contribution in [-0.4, -0.2) is 5.80 Å². The maximum absolute atomic E-state index is 3.92. The van der Waals surface area contributed by atoms with E-state index in [0.717, 1.165) is 26.0 Å². The van der Waals surface area contributed by atoms with E-state index in [0.29, 0.717) is 5.41 Å². The molecule has 4 rings (SSSR count). The SMILES string of the molecule is [CH2]P=[C+]C12CC3CC(CC(C3)C1)C2. The third-order valence-corrected chi connectivity index (χ3v) is 4.99. The van der Waals surface area contributed by atoms with Crippen LogP contribution in [0.5, 0.6) is 0 Å². The van der Waals surface area contributed by atoms with Gasteiger partial charge in [-0.25, -0.2) is 0 Å². The quantitative estimate of drug-likeness (QED) is 0.439. The average Bonchev–Trinajstić information content (AvgIpc) is 2.00. The van der Waals surface area contributed by atoms with E-state index in [4.69, 9.17) is 0 Å². The predicted molar refractivity (Wildman–Crippen MR) is 57.9 cm³/mol. The zero-order chi connectivity index (χ0) is 8.89. The molecule has 0 saturated heterocycles. The summed E-state index contributed by atoms with van der Waals surface area (Å²) in [5, 5.41) is 0. The van der Waals surface area contributed by atoms with Crippen LogP contribution >= 0.6 is 8.20 Å². The molecule has 4 bridgehead atoms. The van der Waals surface area contributed by atoms with E-state index in [1.54, 1.807) is 0 Å². The number of rotatable bonds is 1. The molecule has 0 amide bonds. The number of hydrogen-bond acceptors (Lipinski definition) is 0. The van der Waals surface area contributed by atoms with Crippen molar-refractivity contribution in [1.82, 2.24) is 0 Å². The van der Waals surface area contributed by atoms with E-state index in [2.05, 4.69) is 12.5 Å². The van der Waals surface area contributed by atoms with Gasteiger partial charge in [-0.3, -0.25) is 0 Å². The second kappa shape index (κ2) is 2.78. The Morgan fingerprint density at radius 1 is 1.00 bits per heavy atom. The van der Waals surface area contributed by atoms with Crippen LogP contribution in [0.2, 0.25) is 0 Å². The molecule has 69 valence electrons. The summed E-state index contributed by atoms with van der Waals surface area (Å²) in [4.78, 5) is 0. The molecule has 0 aliphatic heterocycles. The van der Waals surface area contributed by atoms with Gasteiger partial charge in [0.05, 0.1) is 6.66 Å². The minimum Gasteiger partial charge on any atom is -0.0472 e. The van der Waals surface area contributed by atoms with Crippen LogP contribution in [0.25, 0.3) is 0 Å². The topological polar surface area (TPSA) is 0 Å². The first-order valence-electron chi connectivity index (χ1n) is 5.52. The highest BCUT2D eigenvalue weighted by Crippen LogP contribution is 2.59. The second-order valence-corrected chi connectivity index (χ2v) is 6.01. The summed E-state index contributed by atoms with van der Waals surface area (Å²) < 4.78 is 0. The summed E-state index contributed by atoms with van der Waals surface area (Å²) in [5.41, 5.74) is 0.526. The summed E-state index contributed by atoms with van der Waals surface area (Å²) in [6.07, 6.45) is 8.95. The first-order valence-corrected chi connectivity index (χ1v) is 6.60. The fraction of sp³-hybridized carbons (Fsp3) is 0.833. The smallest absolute Gasteiger partial charge is 0.0472 e. The lowest BCUT2D eigenvalue weighted by molar-refractivity contribution is -0.00854. The van der Waals surface area contributed by atoms with Crippen LogP contribution in [-0.2, 0) is 0 Å². The van der Waals surface area contributed by atoms with E-state index in [-0.39, 0.29) is 0 Å². The van der Waals surface area contributed by atoms with E-state index >= 15 is 0 Å². The van der Waals surface area contributed by atoms with Crippen molar-refractivity contribution >= 4 is 14.0 Å². The summed E-state index contributed by atoms with van der Waals surface area (Å²) in [7, 11) is 1.15. The van der Waals surface area contributed by atoms with Crippen LogP contribution in [0.4, 0.5) is 0 Å². The van der Waals surface area contributed by atoms with Crippen LogP contribution in [0.3, 0.4) is 0 Å². The zero-order valence-corrected chi connectivity index (χ0v) is 9.02. The molecule has 0 atom stereocenters. The van der Waals surface area contributed by atoms with Gasteiger partial charge in [0.15, 0.2) is 5.41 Å². The molecule has 4 aliphatic carbocycles. The third-order valence-electron chi connectivity index (χ3n) is 4.35. The molecule has 0 nitrogen and oxygen atoms in total. The van der Waals surface area contributed by atoms with Gasteiger partial charge in [0, 0.05) is 19.3 Å². The molecule has 1 heteroatoms. The van der Waals surface area contributed by atoms with Gasteiger partial charge in [-0.2, -0.15) is 0 Å². The Labute approximate surface area is 82.9 Å². The minimum atomic E-state index is 0.526. The molecule has 0 aromatic heterocycles. The summed E-state index contributed by atoms with van der Waals surface area (Å²) in [5.74, 6) is 6.82. The van der Waals surface area contributed by atoms with Crippen molar-refractivity contribution in [2.45, 2.75) is 38.5 Å². The molecule has 0 aromatic carbocycles. The summed E-state index contributed by atoms with van der Waals surface area (Å²) in [6.45, 7) is 3.92. The van der Waals surface area contributed by atoms with Crippen LogP contribution in [0, 0.1) is 29.8 Å². The maximum atomic E-state index is 3.92. The Bertz CT molecular complexity index is 206. The Kier molecular flexibility index (Phi) is 1.80. The van der Waals surface area contributed by atoms with Gasteiger partial charge in [0.1, 0.15) is 0 Å². The second-order valence-electron chi connectivity index (χ2n) is 5.47. The molecule has 0 N–H and O–H groups in total. The van der Waals surface area contributed by atoms with E-state index in [9.17, 15) is 0 Å². The molecular weight excluding hydrogens is 175 g/mol. The lowest BCUT2D eigenvalue weighted by Gasteiger charge is -2.50. The molecule has 13 heavy (non-hydrogen) atoms. The van der Waals surface area contributed by atoms with Crippen molar-refractivity contribution in [2.24, 2.45) is 23.2 Å². The van der Waals surface area contributed by atoms with Crippen molar-refractivity contribution in [1.29, 1.82) is 0 Å². The summed E-state index contributed by atoms with van der Waals surface area (Å²) in [6, 6.07) is 0. The third kappa shape index (κ3) is 1.27. The fourth-order valence-electron chi connectivity index (χ4n) is 4.42. The van der Waals surface area contributed by atoms with Crippen molar-refractivity contribution < 1.29 is 0 Å². The van der Waals surface area contributed by atoms with Crippen LogP contribution < -0.4 is 0 Å². The first kappa shape index (κ1) is 8.39. The van der Waals surface area contributed by atoms with Crippen molar-refractivity contribution in [2.75, 3.05) is 0 Å². The largest absolute Gasteiger partial charge is 0.250 e. The van der Waals surface area contributed by atoms with Crippen molar-refractivity contribution in [3.05, 3.63) is 6.66 Å². The minimum absolute atomic E-state index is 0.526. The Balaban J connectivity index is 1.91. The maximum Gasteiger partial charge on any atom is 0.250 e. The Morgan fingerprint density at radius 2 is 1.46 bits per heavy atom. The van der Waals surface area contributed by atoms with Crippen LogP contribution in [0.15, 0.2) is 0 Å². The Morgan fingerprint density at radius 3 is 1.85 bits per heavy atom. The van der Waals surface area contributed by atoms with E-state index < -0.39 is 0 Å². The highest BCUT2D eigenvalue weighted by molar-refractivity contribution is 7.39. The molecular formula is C12H17P+. The molecule has 4 saturated carbocycles. The monoisotopic (exact) mass is 192 g/mol. The normalized spacial score (nSPS) is 52.8. The first-order chi connectivity index (χ1) is 6.30. The summed E-state index contributed by atoms with van der Waals surface area (Å²) >= 11 is 0. The lowest BCUT2D eigenvalue weighted by Crippen LogP contribution is -2.46. The fourth-order valence-corrected chi connectivity index (χ4v) is 5.02. The highest BCUT2D eigenvalue weighted by Gasteiger charge is 2.56. The van der Waals surface area contributed by atoms with Gasteiger partial charge in [-0.1, -0.05) is 0 Å². The Hall–Kier alpha value is 0.0800. The van der Waals surface area contributed by atoms with Gasteiger partial charge >= 0.3 is 0 Å². The molecule has 4 fully saturated rings. The van der Waals surface area contributed by atoms with Gasteiger partial charge in [-0.15, -0.1) is 0 Å². The van der Waals surface area contributed by atoms with Gasteiger partial charge < -0.3 is 0 Å². The zero-order valence-electron chi connectivity index (χ0n) is 8.13. The standard InChI is InChI=1S/C12H17P/c1-13-8-12-5-9-2-10(6-12)4-11(3-9)7-12/h9-11H,1-7H2/q+1. The lowest BCUT2D eigenvalue weighted by atomic mass is 9.50. The van der Waals surface area contributed by atoms with E-state index in [1.807, 2.05) is 0 Å². The van der Waals surface area contributed by atoms with Crippen LogP contribution in [0.1, 0.15) is 38.5 Å². The highest BCUT2D eigenvalue weighted by atomic mass is 31.1. The van der Waals surface area contributed by atoms with Gasteiger partial charge in [-0.05, 0) is 37.0 Å². The average molecular weight is 192 g/mol. The molecule has 0 unspecified atom stereocenters. The predicted octanol–water partition coefficient (Wildman–Crippen LogP) is 3.62. The van der Waals surface area contributed by atoms with E-state index in [1.165, 1.54) is 38.5 Å². The van der Waals surface area contributed by atoms with Gasteiger partial charge in [0.2, 0.25) is 14.0 Å².